The summed E-state index contributed by atoms with van der Waals surface area (Å²) in [4.78, 5) is 36.8. The molecular formula is C22H21ClN6O3. The van der Waals surface area contributed by atoms with E-state index in [1.165, 1.54) is 17.7 Å². The lowest BCUT2D eigenvalue weighted by Crippen LogP contribution is -2.20. The first-order valence-corrected chi connectivity index (χ1v) is 10.2. The van der Waals surface area contributed by atoms with Crippen LogP contribution < -0.4 is 15.6 Å². The van der Waals surface area contributed by atoms with E-state index in [9.17, 15) is 9.59 Å². The molecule has 0 unspecified atom stereocenters. The van der Waals surface area contributed by atoms with Crippen molar-refractivity contribution in [2.24, 2.45) is 14.1 Å². The molecule has 0 aromatic carbocycles. The molecule has 0 saturated carbocycles. The Morgan fingerprint density at radius 2 is 2.03 bits per heavy atom. The molecule has 0 bridgehead atoms. The van der Waals surface area contributed by atoms with Gasteiger partial charge in [0.1, 0.15) is 27.8 Å². The number of pyridine rings is 3. The molecule has 0 radical (unpaired) electrons. The van der Waals surface area contributed by atoms with Gasteiger partial charge >= 0.3 is 0 Å². The Morgan fingerprint density at radius 3 is 2.78 bits per heavy atom. The summed E-state index contributed by atoms with van der Waals surface area (Å²) in [6.45, 7) is 3.41. The van der Waals surface area contributed by atoms with Gasteiger partial charge in [-0.15, -0.1) is 0 Å². The van der Waals surface area contributed by atoms with Crippen LogP contribution in [0.3, 0.4) is 0 Å². The number of rotatable bonds is 6. The molecule has 4 aromatic rings. The van der Waals surface area contributed by atoms with E-state index in [2.05, 4.69) is 20.3 Å². The van der Waals surface area contributed by atoms with E-state index < -0.39 is 0 Å². The van der Waals surface area contributed by atoms with Gasteiger partial charge in [-0.05, 0) is 31.5 Å². The van der Waals surface area contributed by atoms with Gasteiger partial charge in [0.2, 0.25) is 5.95 Å². The number of fused-ring (bicyclic) bond motifs is 1. The van der Waals surface area contributed by atoms with Crippen LogP contribution in [-0.2, 0) is 25.3 Å². The van der Waals surface area contributed by atoms with E-state index in [1.54, 1.807) is 49.3 Å². The molecule has 164 valence electrons. The largest absolute Gasteiger partial charge is 0.454 e. The highest BCUT2D eigenvalue weighted by Crippen LogP contribution is 2.35. The molecule has 10 heteroatoms. The number of imidazole rings is 1. The van der Waals surface area contributed by atoms with Gasteiger partial charge in [0.15, 0.2) is 11.4 Å². The summed E-state index contributed by atoms with van der Waals surface area (Å²) >= 11 is 6.63. The van der Waals surface area contributed by atoms with Crippen molar-refractivity contribution in [3.63, 3.8) is 0 Å². The number of nitrogens with one attached hydrogen (secondary N) is 1. The maximum absolute atomic E-state index is 12.4. The molecule has 0 aliphatic rings. The fraction of sp³-hybridized carbons (Fsp3) is 0.227. The van der Waals surface area contributed by atoms with Crippen molar-refractivity contribution in [1.82, 2.24) is 24.1 Å². The summed E-state index contributed by atoms with van der Waals surface area (Å²) in [6, 6.07) is 5.12. The summed E-state index contributed by atoms with van der Waals surface area (Å²) in [5, 5.41) is 3.39. The minimum atomic E-state index is -0.176. The van der Waals surface area contributed by atoms with Gasteiger partial charge in [-0.2, -0.15) is 4.98 Å². The Labute approximate surface area is 188 Å². The third-order valence-corrected chi connectivity index (χ3v) is 5.18. The zero-order valence-corrected chi connectivity index (χ0v) is 18.8. The van der Waals surface area contributed by atoms with Crippen LogP contribution in [0.25, 0.3) is 11.2 Å². The molecule has 0 aliphatic carbocycles. The van der Waals surface area contributed by atoms with Crippen molar-refractivity contribution in [2.45, 2.75) is 20.3 Å². The van der Waals surface area contributed by atoms with E-state index >= 15 is 0 Å². The van der Waals surface area contributed by atoms with E-state index in [0.717, 1.165) is 5.56 Å². The average molecular weight is 453 g/mol. The van der Waals surface area contributed by atoms with E-state index in [4.69, 9.17) is 16.3 Å². The third-order valence-electron chi connectivity index (χ3n) is 4.82. The van der Waals surface area contributed by atoms with Crippen LogP contribution in [0.1, 0.15) is 18.2 Å². The van der Waals surface area contributed by atoms with Crippen LogP contribution in [0.4, 0.5) is 11.6 Å². The fourth-order valence-electron chi connectivity index (χ4n) is 3.38. The molecule has 0 fully saturated rings. The van der Waals surface area contributed by atoms with Gasteiger partial charge in [0, 0.05) is 39.0 Å². The molecule has 1 N–H and O–H groups in total. The number of ether oxygens (including phenoxy) is 1. The van der Waals surface area contributed by atoms with Crippen LogP contribution >= 0.6 is 11.6 Å². The SMILES string of the molecule is CC(=O)Cc1cc(Oc2cnc3nc(Nc4cc(C)cn(C)c4=O)n(C)c3c2Cl)ccn1. The maximum atomic E-state index is 12.4. The number of Topliss-reactive ketones (excluding diaryl/α,β-unsaturated/α-hetero) is 1. The first kappa shape index (κ1) is 21.5. The number of hydrogen-bond donors (Lipinski definition) is 1. The molecule has 4 aromatic heterocycles. The number of aryl methyl sites for hydroxylation is 3. The highest BCUT2D eigenvalue weighted by atomic mass is 35.5. The molecule has 0 amide bonds. The Bertz CT molecular complexity index is 1410. The Balaban J connectivity index is 1.69. The monoisotopic (exact) mass is 452 g/mol. The summed E-state index contributed by atoms with van der Waals surface area (Å²) < 4.78 is 9.13. The van der Waals surface area contributed by atoms with Crippen LogP contribution in [0.15, 0.2) is 41.6 Å². The standard InChI is InChI=1S/C22H21ClN6O3/c1-12-7-16(21(31)28(3)11-12)26-22-27-20-19(29(22)4)18(23)17(10-25-20)32-15-5-6-24-14(9-15)8-13(2)30/h5-7,9-11H,8H2,1-4H3,(H,25,26,27). The summed E-state index contributed by atoms with van der Waals surface area (Å²) in [5.41, 5.74) is 2.71. The lowest BCUT2D eigenvalue weighted by Gasteiger charge is -2.10. The summed E-state index contributed by atoms with van der Waals surface area (Å²) in [6.07, 6.45) is 5.03. The van der Waals surface area contributed by atoms with Gasteiger partial charge in [-0.3, -0.25) is 14.6 Å². The van der Waals surface area contributed by atoms with Crippen LogP contribution in [0.2, 0.25) is 5.02 Å². The smallest absolute Gasteiger partial charge is 0.274 e. The Morgan fingerprint density at radius 1 is 1.25 bits per heavy atom. The minimum Gasteiger partial charge on any atom is -0.454 e. The second-order valence-corrected chi connectivity index (χ2v) is 7.92. The molecule has 0 spiro atoms. The van der Waals surface area contributed by atoms with Gasteiger partial charge in [-0.1, -0.05) is 11.6 Å². The number of ketones is 1. The molecular weight excluding hydrogens is 432 g/mol. The first-order valence-electron chi connectivity index (χ1n) is 9.80. The predicted octanol–water partition coefficient (Wildman–Crippen LogP) is 3.69. The second-order valence-electron chi connectivity index (χ2n) is 7.54. The fourth-order valence-corrected chi connectivity index (χ4v) is 3.68. The highest BCUT2D eigenvalue weighted by molar-refractivity contribution is 6.36. The third kappa shape index (κ3) is 4.19. The zero-order valence-electron chi connectivity index (χ0n) is 18.0. The number of aromatic nitrogens is 5. The number of halogens is 1. The molecule has 32 heavy (non-hydrogen) atoms. The Hall–Kier alpha value is -3.72. The van der Waals surface area contributed by atoms with Crippen LogP contribution in [0.5, 0.6) is 11.5 Å². The van der Waals surface area contributed by atoms with Crippen molar-refractivity contribution in [1.29, 1.82) is 0 Å². The number of hydrogen-bond acceptors (Lipinski definition) is 7. The van der Waals surface area contributed by atoms with Crippen molar-refractivity contribution in [3.8, 4) is 11.5 Å². The van der Waals surface area contributed by atoms with Crippen molar-refractivity contribution in [3.05, 3.63) is 63.4 Å². The molecule has 0 aliphatic heterocycles. The second kappa shape index (κ2) is 8.43. The normalized spacial score (nSPS) is 11.0. The molecule has 4 rings (SSSR count). The molecule has 0 saturated heterocycles. The van der Waals surface area contributed by atoms with Gasteiger partial charge < -0.3 is 19.2 Å². The van der Waals surface area contributed by atoms with E-state index in [-0.39, 0.29) is 17.8 Å². The quantitative estimate of drug-likeness (QED) is 0.475. The molecule has 0 atom stereocenters. The van der Waals surface area contributed by atoms with Crippen LogP contribution in [-0.4, -0.2) is 29.9 Å². The van der Waals surface area contributed by atoms with Gasteiger partial charge in [0.05, 0.1) is 11.9 Å². The van der Waals surface area contributed by atoms with Crippen LogP contribution in [0, 0.1) is 6.92 Å². The van der Waals surface area contributed by atoms with Crippen molar-refractivity contribution < 1.29 is 9.53 Å². The number of nitrogens with zero attached hydrogens (tertiary/aromatic N) is 5. The lowest BCUT2D eigenvalue weighted by atomic mass is 10.2. The predicted molar refractivity (Wildman–Crippen MR) is 122 cm³/mol. The van der Waals surface area contributed by atoms with Gasteiger partial charge in [0.25, 0.3) is 5.56 Å². The number of carbonyl (C=O) groups is 1. The highest BCUT2D eigenvalue weighted by Gasteiger charge is 2.18. The van der Waals surface area contributed by atoms with Crippen molar-refractivity contribution >= 4 is 40.2 Å². The summed E-state index contributed by atoms with van der Waals surface area (Å²) in [7, 11) is 3.46. The topological polar surface area (TPSA) is 104 Å². The Kier molecular flexibility index (Phi) is 5.67. The number of carbonyl (C=O) groups excluding carboxylic acids is 1. The zero-order chi connectivity index (χ0) is 23.0. The molecule has 9 nitrogen and oxygen atoms in total. The summed E-state index contributed by atoms with van der Waals surface area (Å²) in [5.74, 6) is 1.25. The van der Waals surface area contributed by atoms with E-state index in [1.807, 2.05) is 6.92 Å². The lowest BCUT2D eigenvalue weighted by molar-refractivity contribution is -0.116. The van der Waals surface area contributed by atoms with Gasteiger partial charge in [-0.25, -0.2) is 4.98 Å². The number of anilines is 2. The van der Waals surface area contributed by atoms with E-state index in [0.29, 0.717) is 45.0 Å². The first-order chi connectivity index (χ1) is 15.2. The average Bonchev–Trinajstić information content (AvgIpc) is 3.04. The van der Waals surface area contributed by atoms with Crippen molar-refractivity contribution in [2.75, 3.05) is 5.32 Å². The maximum Gasteiger partial charge on any atom is 0.274 e. The molecule has 4 heterocycles. The minimum absolute atomic E-state index is 0.00845.